The van der Waals surface area contributed by atoms with Crippen molar-refractivity contribution >= 4 is 5.97 Å². The molecule has 2 aromatic rings. The molecule has 4 heteroatoms. The molecular formula is C22H29NO3. The second-order valence-corrected chi connectivity index (χ2v) is 6.75. The maximum Gasteiger partial charge on any atom is 0.329 e. The van der Waals surface area contributed by atoms with Crippen molar-refractivity contribution in [1.82, 2.24) is 4.90 Å². The Morgan fingerprint density at radius 3 is 2.00 bits per heavy atom. The molecule has 0 saturated heterocycles. The van der Waals surface area contributed by atoms with Crippen LogP contribution in [0.25, 0.3) is 11.1 Å². The predicted octanol–water partition coefficient (Wildman–Crippen LogP) is 4.23. The first-order valence-corrected chi connectivity index (χ1v) is 9.21. The van der Waals surface area contributed by atoms with E-state index in [1.807, 2.05) is 24.3 Å². The van der Waals surface area contributed by atoms with E-state index < -0.39 is 5.97 Å². The molecule has 2 rings (SSSR count). The Labute approximate surface area is 156 Å². The number of rotatable bonds is 10. The molecule has 0 atom stereocenters. The van der Waals surface area contributed by atoms with Gasteiger partial charge in [-0.05, 0) is 49.1 Å². The maximum atomic E-state index is 10.5. The molecule has 140 valence electrons. The lowest BCUT2D eigenvalue weighted by Gasteiger charge is -2.24. The van der Waals surface area contributed by atoms with Crippen LogP contribution in [-0.2, 0) is 22.6 Å². The van der Waals surface area contributed by atoms with Crippen LogP contribution in [0.4, 0.5) is 0 Å². The van der Waals surface area contributed by atoms with Crippen molar-refractivity contribution in [3.63, 3.8) is 0 Å². The van der Waals surface area contributed by atoms with Gasteiger partial charge in [0.25, 0.3) is 0 Å². The molecule has 0 aliphatic carbocycles. The highest BCUT2D eigenvalue weighted by Crippen LogP contribution is 2.21. The zero-order chi connectivity index (χ0) is 18.9. The Morgan fingerprint density at radius 1 is 1.00 bits per heavy atom. The van der Waals surface area contributed by atoms with Gasteiger partial charge in [0.2, 0.25) is 0 Å². The number of carboxylic acids is 1. The highest BCUT2D eigenvalue weighted by molar-refractivity contribution is 5.68. The summed E-state index contributed by atoms with van der Waals surface area (Å²) in [4.78, 5) is 12.9. The van der Waals surface area contributed by atoms with Gasteiger partial charge in [-0.3, -0.25) is 0 Å². The lowest BCUT2D eigenvalue weighted by Crippen LogP contribution is -2.32. The molecule has 0 radical (unpaired) electrons. The number of benzene rings is 2. The van der Waals surface area contributed by atoms with Gasteiger partial charge in [-0.2, -0.15) is 0 Å². The Bertz CT molecular complexity index is 678. The molecule has 0 aliphatic rings. The van der Waals surface area contributed by atoms with Gasteiger partial charge in [0.15, 0.2) is 0 Å². The molecule has 0 amide bonds. The molecule has 2 aromatic carbocycles. The molecule has 0 fully saturated rings. The number of ether oxygens (including phenoxy) is 1. The van der Waals surface area contributed by atoms with E-state index in [0.717, 1.165) is 30.6 Å². The average molecular weight is 355 g/mol. The zero-order valence-electron chi connectivity index (χ0n) is 15.9. The van der Waals surface area contributed by atoms with Crippen LogP contribution in [0.3, 0.4) is 0 Å². The van der Waals surface area contributed by atoms with Crippen LogP contribution in [0.2, 0.25) is 0 Å². The van der Waals surface area contributed by atoms with Crippen molar-refractivity contribution < 1.29 is 14.6 Å². The van der Waals surface area contributed by atoms with Crippen LogP contribution in [0.15, 0.2) is 48.5 Å². The molecule has 0 unspecified atom stereocenters. The molecule has 0 spiro atoms. The predicted molar refractivity (Wildman–Crippen MR) is 105 cm³/mol. The lowest BCUT2D eigenvalue weighted by atomic mass is 10.0. The average Bonchev–Trinajstić information content (AvgIpc) is 2.63. The summed E-state index contributed by atoms with van der Waals surface area (Å²) in [7, 11) is 0. The Hall–Kier alpha value is -2.17. The number of carbonyl (C=O) groups is 1. The van der Waals surface area contributed by atoms with E-state index in [1.165, 1.54) is 11.1 Å². The van der Waals surface area contributed by atoms with Gasteiger partial charge in [0.05, 0.1) is 6.61 Å². The van der Waals surface area contributed by atoms with Crippen molar-refractivity contribution in [2.24, 2.45) is 0 Å². The minimum Gasteiger partial charge on any atom is -0.480 e. The summed E-state index contributed by atoms with van der Waals surface area (Å²) < 4.78 is 5.11. The van der Waals surface area contributed by atoms with Crippen LogP contribution in [0.5, 0.6) is 0 Å². The number of aliphatic carboxylic acids is 1. The largest absolute Gasteiger partial charge is 0.480 e. The lowest BCUT2D eigenvalue weighted by molar-refractivity contribution is -0.142. The highest BCUT2D eigenvalue weighted by atomic mass is 16.5. The van der Waals surface area contributed by atoms with Crippen molar-refractivity contribution in [3.8, 4) is 11.1 Å². The third-order valence-corrected chi connectivity index (χ3v) is 4.56. The fourth-order valence-electron chi connectivity index (χ4n) is 2.97. The van der Waals surface area contributed by atoms with Gasteiger partial charge in [0.1, 0.15) is 6.61 Å². The third kappa shape index (κ3) is 6.28. The van der Waals surface area contributed by atoms with E-state index in [9.17, 15) is 4.79 Å². The molecule has 0 saturated carbocycles. The van der Waals surface area contributed by atoms with E-state index in [2.05, 4.69) is 49.9 Å². The summed E-state index contributed by atoms with van der Waals surface area (Å²) in [6, 6.07) is 17.4. The SMILES string of the molecule is CCN(CCc1ccc(-c2ccc(COCC(=O)O)cc2)cc1)C(C)C. The van der Waals surface area contributed by atoms with Gasteiger partial charge in [-0.15, -0.1) is 0 Å². The fourth-order valence-corrected chi connectivity index (χ4v) is 2.97. The van der Waals surface area contributed by atoms with Crippen LogP contribution in [0.1, 0.15) is 31.9 Å². The molecule has 4 nitrogen and oxygen atoms in total. The summed E-state index contributed by atoms with van der Waals surface area (Å²) in [5, 5.41) is 8.59. The minimum atomic E-state index is -0.947. The molecule has 0 bridgehead atoms. The van der Waals surface area contributed by atoms with Gasteiger partial charge < -0.3 is 14.7 Å². The number of nitrogens with zero attached hydrogens (tertiary/aromatic N) is 1. The summed E-state index contributed by atoms with van der Waals surface area (Å²) in [5.41, 5.74) is 4.66. The van der Waals surface area contributed by atoms with Crippen LogP contribution >= 0.6 is 0 Å². The van der Waals surface area contributed by atoms with E-state index in [0.29, 0.717) is 12.6 Å². The normalized spacial score (nSPS) is 11.3. The second kappa shape index (κ2) is 10.1. The Balaban J connectivity index is 1.92. The summed E-state index contributed by atoms with van der Waals surface area (Å²) >= 11 is 0. The van der Waals surface area contributed by atoms with Gasteiger partial charge >= 0.3 is 5.97 Å². The summed E-state index contributed by atoms with van der Waals surface area (Å²) in [6.45, 7) is 8.90. The first-order chi connectivity index (χ1) is 12.5. The van der Waals surface area contributed by atoms with E-state index in [4.69, 9.17) is 9.84 Å². The van der Waals surface area contributed by atoms with Crippen LogP contribution < -0.4 is 0 Å². The van der Waals surface area contributed by atoms with Crippen molar-refractivity contribution in [1.29, 1.82) is 0 Å². The topological polar surface area (TPSA) is 49.8 Å². The van der Waals surface area contributed by atoms with Crippen molar-refractivity contribution in [2.45, 2.75) is 39.8 Å². The van der Waals surface area contributed by atoms with Crippen LogP contribution in [0, 0.1) is 0 Å². The van der Waals surface area contributed by atoms with Crippen molar-refractivity contribution in [2.75, 3.05) is 19.7 Å². The number of carboxylic acid groups (broad SMARTS) is 1. The first kappa shape index (κ1) is 20.1. The molecule has 0 heterocycles. The molecule has 26 heavy (non-hydrogen) atoms. The summed E-state index contributed by atoms with van der Waals surface area (Å²) in [5.74, 6) is -0.947. The third-order valence-electron chi connectivity index (χ3n) is 4.56. The van der Waals surface area contributed by atoms with E-state index >= 15 is 0 Å². The number of hydrogen-bond donors (Lipinski definition) is 1. The smallest absolute Gasteiger partial charge is 0.329 e. The number of hydrogen-bond acceptors (Lipinski definition) is 3. The van der Waals surface area contributed by atoms with Crippen molar-refractivity contribution in [3.05, 3.63) is 59.7 Å². The monoisotopic (exact) mass is 355 g/mol. The minimum absolute atomic E-state index is 0.268. The standard InChI is InChI=1S/C22H29NO3/c1-4-23(17(2)3)14-13-18-5-9-20(10-6-18)21-11-7-19(8-12-21)15-26-16-22(24)25/h5-12,17H,4,13-16H2,1-3H3,(H,24,25). The molecule has 1 N–H and O–H groups in total. The second-order valence-electron chi connectivity index (χ2n) is 6.75. The fraction of sp³-hybridized carbons (Fsp3) is 0.409. The van der Waals surface area contributed by atoms with E-state index in [-0.39, 0.29) is 6.61 Å². The number of likely N-dealkylation sites (N-methyl/N-ethyl adjacent to an activating group) is 1. The molecular weight excluding hydrogens is 326 g/mol. The molecule has 0 aromatic heterocycles. The summed E-state index contributed by atoms with van der Waals surface area (Å²) in [6.07, 6.45) is 1.06. The van der Waals surface area contributed by atoms with E-state index in [1.54, 1.807) is 0 Å². The quantitative estimate of drug-likeness (QED) is 0.693. The van der Waals surface area contributed by atoms with Gasteiger partial charge in [-0.25, -0.2) is 4.79 Å². The zero-order valence-corrected chi connectivity index (χ0v) is 15.9. The maximum absolute atomic E-state index is 10.5. The molecule has 0 aliphatic heterocycles. The Morgan fingerprint density at radius 2 is 1.54 bits per heavy atom. The Kier molecular flexibility index (Phi) is 7.82. The van der Waals surface area contributed by atoms with Gasteiger partial charge in [0, 0.05) is 12.6 Å². The highest BCUT2D eigenvalue weighted by Gasteiger charge is 2.07. The van der Waals surface area contributed by atoms with Gasteiger partial charge in [-0.1, -0.05) is 55.5 Å². The van der Waals surface area contributed by atoms with Crippen LogP contribution in [-0.4, -0.2) is 41.7 Å². The first-order valence-electron chi connectivity index (χ1n) is 9.21.